The van der Waals surface area contributed by atoms with Gasteiger partial charge in [0.25, 0.3) is 0 Å². The van der Waals surface area contributed by atoms with Gasteiger partial charge in [0, 0.05) is 7.11 Å². The summed E-state index contributed by atoms with van der Waals surface area (Å²) in [5, 5.41) is 10.4. The molecule has 0 radical (unpaired) electrons. The lowest BCUT2D eigenvalue weighted by Crippen LogP contribution is -2.48. The Kier molecular flexibility index (Phi) is 4.21. The van der Waals surface area contributed by atoms with E-state index in [1.807, 2.05) is 27.7 Å². The smallest absolute Gasteiger partial charge is 0.163 e. The van der Waals surface area contributed by atoms with Crippen molar-refractivity contribution in [1.29, 1.82) is 0 Å². The number of aliphatic hydroxyl groups excluding tert-OH is 1. The van der Waals surface area contributed by atoms with Crippen molar-refractivity contribution in [3.8, 4) is 0 Å². The van der Waals surface area contributed by atoms with Crippen molar-refractivity contribution >= 4 is 0 Å². The molecule has 6 heteroatoms. The first-order valence-electron chi connectivity index (χ1n) is 6.58. The zero-order valence-electron chi connectivity index (χ0n) is 12.2. The summed E-state index contributed by atoms with van der Waals surface area (Å²) in [6.07, 6.45) is -2.08. The third-order valence-electron chi connectivity index (χ3n) is 3.42. The van der Waals surface area contributed by atoms with Crippen LogP contribution in [0.15, 0.2) is 0 Å². The van der Waals surface area contributed by atoms with Gasteiger partial charge in [-0.15, -0.1) is 0 Å². The number of methoxy groups -OCH3 is 1. The minimum absolute atomic E-state index is 0.317. The Morgan fingerprint density at radius 1 is 1.00 bits per heavy atom. The molecule has 0 aromatic carbocycles. The molecule has 4 atom stereocenters. The molecule has 19 heavy (non-hydrogen) atoms. The van der Waals surface area contributed by atoms with Gasteiger partial charge < -0.3 is 28.8 Å². The summed E-state index contributed by atoms with van der Waals surface area (Å²) in [6.45, 7) is 8.04. The van der Waals surface area contributed by atoms with E-state index in [0.29, 0.717) is 13.2 Å². The Bertz CT molecular complexity index is 316. The Hall–Kier alpha value is -0.240. The van der Waals surface area contributed by atoms with Crippen molar-refractivity contribution in [3.63, 3.8) is 0 Å². The van der Waals surface area contributed by atoms with Crippen LogP contribution < -0.4 is 0 Å². The van der Waals surface area contributed by atoms with Crippen LogP contribution in [0.3, 0.4) is 0 Å². The van der Waals surface area contributed by atoms with Crippen molar-refractivity contribution < 1.29 is 28.8 Å². The Morgan fingerprint density at radius 2 is 1.47 bits per heavy atom. The summed E-state index contributed by atoms with van der Waals surface area (Å²) >= 11 is 0. The van der Waals surface area contributed by atoms with Gasteiger partial charge in [-0.1, -0.05) is 0 Å². The number of hydrogen-bond acceptors (Lipinski definition) is 6. The zero-order chi connectivity index (χ0) is 14.3. The predicted molar refractivity (Wildman–Crippen MR) is 66.6 cm³/mol. The second-order valence-electron chi connectivity index (χ2n) is 5.93. The molecule has 0 spiro atoms. The third kappa shape index (κ3) is 3.45. The molecule has 0 bridgehead atoms. The molecule has 2 fully saturated rings. The van der Waals surface area contributed by atoms with Gasteiger partial charge in [-0.2, -0.15) is 0 Å². The van der Waals surface area contributed by atoms with Gasteiger partial charge in [0.05, 0.1) is 13.2 Å². The minimum atomic E-state index is -0.825. The molecule has 0 aromatic heterocycles. The second kappa shape index (κ2) is 5.27. The fourth-order valence-electron chi connectivity index (χ4n) is 2.48. The number of ether oxygens (including phenoxy) is 5. The fraction of sp³-hybridized carbons (Fsp3) is 1.00. The van der Waals surface area contributed by atoms with Crippen molar-refractivity contribution in [2.24, 2.45) is 0 Å². The summed E-state index contributed by atoms with van der Waals surface area (Å²) in [4.78, 5) is 0. The standard InChI is InChI=1S/C13H24O6/c1-12(2)16-6-8(18-12)10(14)11(15-5)9-7-17-13(3,4)19-9/h8-11,14H,6-7H2,1-5H3/t8-,9-,10-,11-/m0/s1. The van der Waals surface area contributed by atoms with Crippen molar-refractivity contribution in [2.45, 2.75) is 63.7 Å². The summed E-state index contributed by atoms with van der Waals surface area (Å²) in [5.74, 6) is -1.32. The summed E-state index contributed by atoms with van der Waals surface area (Å²) in [7, 11) is 1.55. The highest BCUT2D eigenvalue weighted by Gasteiger charge is 2.46. The summed E-state index contributed by atoms with van der Waals surface area (Å²) in [5.41, 5.74) is 0. The van der Waals surface area contributed by atoms with E-state index < -0.39 is 29.9 Å². The molecule has 2 heterocycles. The van der Waals surface area contributed by atoms with Crippen LogP contribution in [-0.4, -0.2) is 61.4 Å². The third-order valence-corrected chi connectivity index (χ3v) is 3.42. The average Bonchev–Trinajstić information content (AvgIpc) is 2.82. The molecule has 1 N–H and O–H groups in total. The summed E-state index contributed by atoms with van der Waals surface area (Å²) in [6, 6.07) is 0. The maximum atomic E-state index is 10.4. The fourth-order valence-corrected chi connectivity index (χ4v) is 2.48. The topological polar surface area (TPSA) is 66.4 Å². The van der Waals surface area contributed by atoms with Gasteiger partial charge >= 0.3 is 0 Å². The molecule has 0 amide bonds. The molecule has 6 nitrogen and oxygen atoms in total. The normalized spacial score (nSPS) is 36.3. The van der Waals surface area contributed by atoms with Gasteiger partial charge in [-0.3, -0.25) is 0 Å². The molecule has 2 aliphatic heterocycles. The molecular formula is C13H24O6. The van der Waals surface area contributed by atoms with E-state index in [4.69, 9.17) is 23.7 Å². The van der Waals surface area contributed by atoms with Crippen LogP contribution in [0, 0.1) is 0 Å². The summed E-state index contributed by atoms with van der Waals surface area (Å²) < 4.78 is 27.7. The predicted octanol–water partition coefficient (Wildman–Crippen LogP) is 0.665. The second-order valence-corrected chi connectivity index (χ2v) is 5.93. The monoisotopic (exact) mass is 276 g/mol. The SMILES string of the molecule is CO[C@H]([C@@H](O)[C@@H]1COC(C)(C)O1)[C@@H]1COC(C)(C)O1. The van der Waals surface area contributed by atoms with Crippen molar-refractivity contribution in [2.75, 3.05) is 20.3 Å². The first-order chi connectivity index (χ1) is 8.74. The highest BCUT2D eigenvalue weighted by atomic mass is 16.8. The molecule has 0 unspecified atom stereocenters. The van der Waals surface area contributed by atoms with E-state index in [0.717, 1.165) is 0 Å². The van der Waals surface area contributed by atoms with E-state index in [1.54, 1.807) is 7.11 Å². The highest BCUT2D eigenvalue weighted by Crippen LogP contribution is 2.30. The zero-order valence-corrected chi connectivity index (χ0v) is 12.2. The van der Waals surface area contributed by atoms with Crippen LogP contribution in [0.2, 0.25) is 0 Å². The lowest BCUT2D eigenvalue weighted by Gasteiger charge is -2.30. The Morgan fingerprint density at radius 3 is 1.84 bits per heavy atom. The molecule has 0 saturated carbocycles. The lowest BCUT2D eigenvalue weighted by atomic mass is 10.0. The maximum Gasteiger partial charge on any atom is 0.163 e. The molecule has 2 aliphatic rings. The van der Waals surface area contributed by atoms with E-state index in [9.17, 15) is 5.11 Å². The average molecular weight is 276 g/mol. The van der Waals surface area contributed by atoms with Crippen LogP contribution in [0.4, 0.5) is 0 Å². The number of aliphatic hydroxyl groups is 1. The van der Waals surface area contributed by atoms with E-state index in [2.05, 4.69) is 0 Å². The molecule has 112 valence electrons. The van der Waals surface area contributed by atoms with Crippen LogP contribution >= 0.6 is 0 Å². The molecule has 2 saturated heterocycles. The maximum absolute atomic E-state index is 10.4. The van der Waals surface area contributed by atoms with Crippen LogP contribution in [-0.2, 0) is 23.7 Å². The van der Waals surface area contributed by atoms with Crippen LogP contribution in [0.5, 0.6) is 0 Å². The van der Waals surface area contributed by atoms with Gasteiger partial charge in [0.1, 0.15) is 24.4 Å². The van der Waals surface area contributed by atoms with Gasteiger partial charge in [-0.05, 0) is 27.7 Å². The van der Waals surface area contributed by atoms with E-state index in [-0.39, 0.29) is 6.10 Å². The molecule has 0 aromatic rings. The minimum Gasteiger partial charge on any atom is -0.387 e. The van der Waals surface area contributed by atoms with E-state index in [1.165, 1.54) is 0 Å². The quantitative estimate of drug-likeness (QED) is 0.814. The van der Waals surface area contributed by atoms with Crippen molar-refractivity contribution in [1.82, 2.24) is 0 Å². The van der Waals surface area contributed by atoms with Gasteiger partial charge in [0.2, 0.25) is 0 Å². The Labute approximate surface area is 113 Å². The largest absolute Gasteiger partial charge is 0.387 e. The molecule has 2 rings (SSSR count). The van der Waals surface area contributed by atoms with Crippen LogP contribution in [0.1, 0.15) is 27.7 Å². The molecular weight excluding hydrogens is 252 g/mol. The first-order valence-corrected chi connectivity index (χ1v) is 6.58. The number of hydrogen-bond donors (Lipinski definition) is 1. The number of rotatable bonds is 4. The highest BCUT2D eigenvalue weighted by molar-refractivity contribution is 4.89. The van der Waals surface area contributed by atoms with Gasteiger partial charge in [-0.25, -0.2) is 0 Å². The first kappa shape index (κ1) is 15.2. The van der Waals surface area contributed by atoms with E-state index >= 15 is 0 Å². The van der Waals surface area contributed by atoms with Gasteiger partial charge in [0.15, 0.2) is 11.6 Å². The lowest BCUT2D eigenvalue weighted by molar-refractivity contribution is -0.188. The Balaban J connectivity index is 1.98. The van der Waals surface area contributed by atoms with Crippen LogP contribution in [0.25, 0.3) is 0 Å². The van der Waals surface area contributed by atoms with Crippen molar-refractivity contribution in [3.05, 3.63) is 0 Å². The molecule has 0 aliphatic carbocycles.